The largest absolute Gasteiger partial charge is 0.461 e. The Bertz CT molecular complexity index is 971. The van der Waals surface area contributed by atoms with Crippen LogP contribution < -0.4 is 5.32 Å². The fraction of sp³-hybridized carbons (Fsp3) is 0.286. The Morgan fingerprint density at radius 3 is 2.72 bits per heavy atom. The predicted octanol–water partition coefficient (Wildman–Crippen LogP) is 4.95. The van der Waals surface area contributed by atoms with Crippen LogP contribution in [0.4, 0.5) is 0 Å². The number of aryl methyl sites for hydroxylation is 4. The van der Waals surface area contributed by atoms with Gasteiger partial charge in [-0.1, -0.05) is 40.2 Å². The molecule has 1 aliphatic rings. The van der Waals surface area contributed by atoms with Crippen LogP contribution >= 0.6 is 15.9 Å². The minimum absolute atomic E-state index is 0.862. The van der Waals surface area contributed by atoms with Crippen molar-refractivity contribution in [2.75, 3.05) is 13.1 Å². The van der Waals surface area contributed by atoms with Gasteiger partial charge in [0.05, 0.1) is 6.54 Å². The molecular weight excluding hydrogens is 376 g/mol. The van der Waals surface area contributed by atoms with Crippen LogP contribution in [0.15, 0.2) is 50.3 Å². The van der Waals surface area contributed by atoms with Gasteiger partial charge in [0.1, 0.15) is 17.2 Å². The number of aliphatic imine (C=N–C) groups is 1. The first-order valence-electron chi connectivity index (χ1n) is 8.68. The van der Waals surface area contributed by atoms with Gasteiger partial charge in [-0.25, -0.2) is 0 Å². The Balaban J connectivity index is 1.67. The number of furan rings is 1. The lowest BCUT2D eigenvalue weighted by Gasteiger charge is -2.10. The Morgan fingerprint density at radius 2 is 1.92 bits per heavy atom. The summed E-state index contributed by atoms with van der Waals surface area (Å²) < 4.78 is 7.15. The van der Waals surface area contributed by atoms with E-state index in [1.807, 2.05) is 6.92 Å². The summed E-state index contributed by atoms with van der Waals surface area (Å²) in [6, 6.07) is 12.9. The second-order valence-corrected chi connectivity index (χ2v) is 7.45. The number of hydrogen-bond acceptors (Lipinski definition) is 3. The molecule has 0 unspecified atom stereocenters. The molecule has 1 aliphatic heterocycles. The van der Waals surface area contributed by atoms with Gasteiger partial charge in [-0.15, -0.1) is 0 Å². The van der Waals surface area contributed by atoms with Crippen molar-refractivity contribution in [2.45, 2.75) is 26.7 Å². The second kappa shape index (κ2) is 6.68. The molecule has 1 aromatic heterocycles. The number of benzene rings is 2. The molecule has 4 rings (SSSR count). The summed E-state index contributed by atoms with van der Waals surface area (Å²) in [5.74, 6) is 2.03. The first kappa shape index (κ1) is 16.4. The average molecular weight is 397 g/mol. The van der Waals surface area contributed by atoms with Gasteiger partial charge < -0.3 is 9.73 Å². The van der Waals surface area contributed by atoms with Crippen LogP contribution in [0, 0.1) is 13.8 Å². The monoisotopic (exact) mass is 396 g/mol. The van der Waals surface area contributed by atoms with Gasteiger partial charge in [0.2, 0.25) is 0 Å². The van der Waals surface area contributed by atoms with E-state index in [1.54, 1.807) is 0 Å². The Hall–Kier alpha value is -2.07. The molecule has 1 N–H and O–H groups in total. The summed E-state index contributed by atoms with van der Waals surface area (Å²) in [7, 11) is 0. The van der Waals surface area contributed by atoms with Crippen molar-refractivity contribution in [2.24, 2.45) is 4.99 Å². The van der Waals surface area contributed by atoms with E-state index in [1.165, 1.54) is 27.6 Å². The highest BCUT2D eigenvalue weighted by Gasteiger charge is 2.15. The fourth-order valence-electron chi connectivity index (χ4n) is 3.47. The van der Waals surface area contributed by atoms with Crippen molar-refractivity contribution in [3.8, 4) is 0 Å². The molecule has 0 atom stereocenters. The van der Waals surface area contributed by atoms with Gasteiger partial charge in [0, 0.05) is 22.0 Å². The standard InChI is InChI=1S/C21H21BrN2O/c1-13-14(2)25-20-16(11-17(22)12-19(13)20)8-7-15-5-3-4-6-18(15)21-23-9-10-24-21/h3-6,11-12H,7-10H2,1-2H3,(H,23,24). The van der Waals surface area contributed by atoms with Crippen molar-refractivity contribution in [3.63, 3.8) is 0 Å². The second-order valence-electron chi connectivity index (χ2n) is 6.54. The number of hydrogen-bond donors (Lipinski definition) is 1. The van der Waals surface area contributed by atoms with E-state index in [4.69, 9.17) is 4.42 Å². The van der Waals surface area contributed by atoms with Crippen LogP contribution in [0.5, 0.6) is 0 Å². The van der Waals surface area contributed by atoms with E-state index in [0.717, 1.165) is 47.6 Å². The smallest absolute Gasteiger partial charge is 0.137 e. The molecule has 4 heteroatoms. The summed E-state index contributed by atoms with van der Waals surface area (Å²) in [5, 5.41) is 4.59. The van der Waals surface area contributed by atoms with E-state index in [-0.39, 0.29) is 0 Å². The van der Waals surface area contributed by atoms with Crippen LogP contribution in [0.1, 0.15) is 28.0 Å². The third-order valence-electron chi connectivity index (χ3n) is 4.93. The molecule has 0 amide bonds. The van der Waals surface area contributed by atoms with Gasteiger partial charge in [0.15, 0.2) is 0 Å². The predicted molar refractivity (Wildman–Crippen MR) is 107 cm³/mol. The molecule has 0 aliphatic carbocycles. The van der Waals surface area contributed by atoms with E-state index in [9.17, 15) is 0 Å². The number of fused-ring (bicyclic) bond motifs is 1. The van der Waals surface area contributed by atoms with Crippen LogP contribution in [0.3, 0.4) is 0 Å². The van der Waals surface area contributed by atoms with Crippen molar-refractivity contribution >= 4 is 32.7 Å². The summed E-state index contributed by atoms with van der Waals surface area (Å²) >= 11 is 3.65. The lowest BCUT2D eigenvalue weighted by Crippen LogP contribution is -2.21. The minimum atomic E-state index is 0.862. The minimum Gasteiger partial charge on any atom is -0.461 e. The molecule has 25 heavy (non-hydrogen) atoms. The molecule has 0 fully saturated rings. The highest BCUT2D eigenvalue weighted by atomic mass is 79.9. The number of nitrogens with zero attached hydrogens (tertiary/aromatic N) is 1. The molecule has 0 saturated carbocycles. The lowest BCUT2D eigenvalue weighted by molar-refractivity contribution is 0.571. The van der Waals surface area contributed by atoms with Gasteiger partial charge in [-0.2, -0.15) is 0 Å². The molecule has 0 radical (unpaired) electrons. The molecule has 128 valence electrons. The quantitative estimate of drug-likeness (QED) is 0.677. The summed E-state index contributed by atoms with van der Waals surface area (Å²) in [6.07, 6.45) is 1.90. The maximum atomic E-state index is 6.05. The fourth-order valence-corrected chi connectivity index (χ4v) is 3.98. The van der Waals surface area contributed by atoms with Crippen LogP contribution in [-0.2, 0) is 12.8 Å². The molecule has 0 saturated heterocycles. The van der Waals surface area contributed by atoms with E-state index in [2.05, 4.69) is 69.6 Å². The maximum absolute atomic E-state index is 6.05. The summed E-state index contributed by atoms with van der Waals surface area (Å²) in [4.78, 5) is 4.58. The third kappa shape index (κ3) is 3.11. The van der Waals surface area contributed by atoms with Crippen molar-refractivity contribution in [1.82, 2.24) is 5.32 Å². The first-order valence-corrected chi connectivity index (χ1v) is 9.47. The van der Waals surface area contributed by atoms with Gasteiger partial charge in [0.25, 0.3) is 0 Å². The maximum Gasteiger partial charge on any atom is 0.137 e. The molecule has 3 nitrogen and oxygen atoms in total. The van der Waals surface area contributed by atoms with Crippen molar-refractivity contribution in [1.29, 1.82) is 0 Å². The third-order valence-corrected chi connectivity index (χ3v) is 5.39. The summed E-state index contributed by atoms with van der Waals surface area (Å²) in [5.41, 5.74) is 6.04. The topological polar surface area (TPSA) is 37.5 Å². The molecule has 0 bridgehead atoms. The zero-order valence-corrected chi connectivity index (χ0v) is 16.1. The van der Waals surface area contributed by atoms with E-state index < -0.39 is 0 Å². The molecule has 3 aromatic rings. The number of amidine groups is 1. The van der Waals surface area contributed by atoms with Gasteiger partial charge >= 0.3 is 0 Å². The van der Waals surface area contributed by atoms with E-state index in [0.29, 0.717) is 0 Å². The Kier molecular flexibility index (Phi) is 4.38. The first-order chi connectivity index (χ1) is 12.1. The number of halogens is 1. The zero-order valence-electron chi connectivity index (χ0n) is 14.5. The van der Waals surface area contributed by atoms with Crippen molar-refractivity contribution < 1.29 is 4.42 Å². The van der Waals surface area contributed by atoms with Gasteiger partial charge in [-0.3, -0.25) is 4.99 Å². The number of nitrogens with one attached hydrogen (secondary N) is 1. The lowest BCUT2D eigenvalue weighted by atomic mass is 9.98. The SMILES string of the molecule is Cc1oc2c(CCc3ccccc3C3=NCCN3)cc(Br)cc2c1C. The highest BCUT2D eigenvalue weighted by molar-refractivity contribution is 9.10. The normalized spacial score (nSPS) is 14.0. The molecule has 2 heterocycles. The van der Waals surface area contributed by atoms with E-state index >= 15 is 0 Å². The summed E-state index contributed by atoms with van der Waals surface area (Å²) in [6.45, 7) is 5.95. The average Bonchev–Trinajstić information content (AvgIpc) is 3.23. The Labute approximate surface area is 156 Å². The Morgan fingerprint density at radius 1 is 1.12 bits per heavy atom. The molecule has 0 spiro atoms. The van der Waals surface area contributed by atoms with Crippen LogP contribution in [-0.4, -0.2) is 18.9 Å². The van der Waals surface area contributed by atoms with Crippen LogP contribution in [0.25, 0.3) is 11.0 Å². The molecular formula is C21H21BrN2O. The highest BCUT2D eigenvalue weighted by Crippen LogP contribution is 2.31. The number of rotatable bonds is 4. The van der Waals surface area contributed by atoms with Crippen molar-refractivity contribution in [3.05, 3.63) is 68.9 Å². The van der Waals surface area contributed by atoms with Crippen LogP contribution in [0.2, 0.25) is 0 Å². The zero-order chi connectivity index (χ0) is 17.4. The van der Waals surface area contributed by atoms with Gasteiger partial charge in [-0.05, 0) is 55.5 Å². The molecule has 2 aromatic carbocycles.